The topological polar surface area (TPSA) is 18.5 Å². The number of hydrogen-bond donors (Lipinski definition) is 0. The van der Waals surface area contributed by atoms with Crippen molar-refractivity contribution < 1.29 is 9.47 Å². The molecule has 0 aliphatic rings. The Hall–Kier alpha value is -0.890. The molecule has 0 amide bonds. The van der Waals surface area contributed by atoms with Crippen LogP contribution in [0.5, 0.6) is 11.5 Å². The minimum atomic E-state index is 0.522. The Balaban J connectivity index is 2.99. The van der Waals surface area contributed by atoms with Crippen molar-refractivity contribution in [3.8, 4) is 11.5 Å². The third-order valence-corrected chi connectivity index (χ3v) is 1.59. The molecule has 0 saturated heterocycles. The first kappa shape index (κ1) is 8.21. The molecular weight excluding hydrogens is 164 g/mol. The van der Waals surface area contributed by atoms with E-state index < -0.39 is 0 Å². The smallest absolute Gasteiger partial charge is 0.137 e. The van der Waals surface area contributed by atoms with E-state index in [-0.39, 0.29) is 0 Å². The molecule has 0 aliphatic carbocycles. The molecule has 1 rings (SSSR count). The summed E-state index contributed by atoms with van der Waals surface area (Å²) in [7, 11) is 4.81. The van der Waals surface area contributed by atoms with Gasteiger partial charge in [0, 0.05) is 6.07 Å². The average molecular weight is 172 g/mol. The van der Waals surface area contributed by atoms with Crippen molar-refractivity contribution in [1.82, 2.24) is 0 Å². The molecule has 11 heavy (non-hydrogen) atoms. The molecule has 0 heterocycles. The summed E-state index contributed by atoms with van der Waals surface area (Å²) in [5, 5.41) is 0.522. The van der Waals surface area contributed by atoms with Crippen LogP contribution in [0.1, 0.15) is 0 Å². The zero-order valence-corrected chi connectivity index (χ0v) is 6.89. The summed E-state index contributed by atoms with van der Waals surface area (Å²) in [5.41, 5.74) is 0. The molecule has 0 unspecified atom stereocenters. The summed E-state index contributed by atoms with van der Waals surface area (Å²) in [5.74, 6) is 1.25. The normalized spacial score (nSPS) is 9.36. The van der Waals surface area contributed by atoms with Crippen molar-refractivity contribution in [2.75, 3.05) is 7.11 Å². The monoisotopic (exact) mass is 171 g/mol. The standard InChI is InChI=1S/C8H8ClO2/c1-10-6-3-4-8(11-2)7(9)5-6/h3-5H,1H2,2H3. The molecule has 0 aliphatic heterocycles. The second-order valence-corrected chi connectivity index (χ2v) is 2.35. The Morgan fingerprint density at radius 2 is 2.18 bits per heavy atom. The van der Waals surface area contributed by atoms with Gasteiger partial charge in [-0.2, -0.15) is 0 Å². The number of benzene rings is 1. The summed E-state index contributed by atoms with van der Waals surface area (Å²) >= 11 is 5.78. The van der Waals surface area contributed by atoms with Gasteiger partial charge in [0.05, 0.1) is 12.1 Å². The number of halogens is 1. The highest BCUT2D eigenvalue weighted by atomic mass is 35.5. The van der Waals surface area contributed by atoms with Crippen LogP contribution in [0.25, 0.3) is 0 Å². The molecule has 3 heteroatoms. The third-order valence-electron chi connectivity index (χ3n) is 1.29. The van der Waals surface area contributed by atoms with Gasteiger partial charge >= 0.3 is 0 Å². The van der Waals surface area contributed by atoms with Crippen molar-refractivity contribution in [3.63, 3.8) is 0 Å². The molecule has 1 aromatic carbocycles. The molecule has 0 spiro atoms. The number of rotatable bonds is 2. The maximum Gasteiger partial charge on any atom is 0.137 e. The predicted molar refractivity (Wildman–Crippen MR) is 44.0 cm³/mol. The van der Waals surface area contributed by atoms with E-state index in [0.29, 0.717) is 16.5 Å². The van der Waals surface area contributed by atoms with Crippen molar-refractivity contribution in [2.45, 2.75) is 0 Å². The van der Waals surface area contributed by atoms with Crippen molar-refractivity contribution >= 4 is 11.6 Å². The average Bonchev–Trinajstić information content (AvgIpc) is 2.04. The van der Waals surface area contributed by atoms with Crippen LogP contribution in [-0.4, -0.2) is 7.11 Å². The quantitative estimate of drug-likeness (QED) is 0.681. The molecular formula is C8H8ClO2. The summed E-state index contributed by atoms with van der Waals surface area (Å²) < 4.78 is 9.64. The fourth-order valence-electron chi connectivity index (χ4n) is 0.737. The molecule has 1 radical (unpaired) electrons. The second kappa shape index (κ2) is 3.49. The Kier molecular flexibility index (Phi) is 2.60. The van der Waals surface area contributed by atoms with Gasteiger partial charge in [0.15, 0.2) is 0 Å². The van der Waals surface area contributed by atoms with Gasteiger partial charge in [0.1, 0.15) is 18.6 Å². The van der Waals surface area contributed by atoms with Crippen LogP contribution in [0, 0.1) is 7.11 Å². The van der Waals surface area contributed by atoms with Crippen molar-refractivity contribution in [2.24, 2.45) is 0 Å². The highest BCUT2D eigenvalue weighted by Gasteiger charge is 2.00. The van der Waals surface area contributed by atoms with Gasteiger partial charge < -0.3 is 9.47 Å². The van der Waals surface area contributed by atoms with E-state index in [0.717, 1.165) is 0 Å². The van der Waals surface area contributed by atoms with Crippen LogP contribution in [0.3, 0.4) is 0 Å². The lowest BCUT2D eigenvalue weighted by molar-refractivity contribution is 0.412. The van der Waals surface area contributed by atoms with Gasteiger partial charge in [-0.3, -0.25) is 0 Å². The van der Waals surface area contributed by atoms with E-state index in [9.17, 15) is 0 Å². The van der Waals surface area contributed by atoms with Crippen LogP contribution in [0.4, 0.5) is 0 Å². The van der Waals surface area contributed by atoms with Crippen LogP contribution in [0.15, 0.2) is 18.2 Å². The minimum Gasteiger partial charge on any atom is -0.495 e. The Labute approximate surface area is 70.7 Å². The first-order valence-corrected chi connectivity index (χ1v) is 3.41. The first-order valence-electron chi connectivity index (χ1n) is 3.03. The molecule has 0 bridgehead atoms. The van der Waals surface area contributed by atoms with Gasteiger partial charge in [0.25, 0.3) is 0 Å². The van der Waals surface area contributed by atoms with Crippen molar-refractivity contribution in [3.05, 3.63) is 30.3 Å². The van der Waals surface area contributed by atoms with E-state index >= 15 is 0 Å². The Morgan fingerprint density at radius 3 is 2.64 bits per heavy atom. The highest BCUT2D eigenvalue weighted by molar-refractivity contribution is 6.32. The third kappa shape index (κ3) is 1.77. The maximum absolute atomic E-state index is 5.78. The molecule has 0 aromatic heterocycles. The second-order valence-electron chi connectivity index (χ2n) is 1.94. The summed E-state index contributed by atoms with van der Waals surface area (Å²) in [6, 6.07) is 5.11. The van der Waals surface area contributed by atoms with E-state index in [1.54, 1.807) is 25.3 Å². The largest absolute Gasteiger partial charge is 0.495 e. The predicted octanol–water partition coefficient (Wildman–Crippen LogP) is 2.52. The van der Waals surface area contributed by atoms with Crippen LogP contribution >= 0.6 is 11.6 Å². The molecule has 0 atom stereocenters. The lowest BCUT2D eigenvalue weighted by Gasteiger charge is -2.03. The van der Waals surface area contributed by atoms with Crippen LogP contribution in [0.2, 0.25) is 5.02 Å². The lowest BCUT2D eigenvalue weighted by atomic mass is 10.3. The van der Waals surface area contributed by atoms with Crippen LogP contribution in [-0.2, 0) is 0 Å². The highest BCUT2D eigenvalue weighted by Crippen LogP contribution is 2.27. The minimum absolute atomic E-state index is 0.522. The number of methoxy groups -OCH3 is 1. The van der Waals surface area contributed by atoms with E-state index in [1.807, 2.05) is 0 Å². The fourth-order valence-corrected chi connectivity index (χ4v) is 0.985. The van der Waals surface area contributed by atoms with Crippen molar-refractivity contribution in [1.29, 1.82) is 0 Å². The SMILES string of the molecule is [CH2]Oc1ccc(OC)c(Cl)c1. The van der Waals surface area contributed by atoms with Crippen LogP contribution < -0.4 is 9.47 Å². The van der Waals surface area contributed by atoms with Gasteiger partial charge in [-0.25, -0.2) is 0 Å². The molecule has 59 valence electrons. The fraction of sp³-hybridized carbons (Fsp3) is 0.125. The summed E-state index contributed by atoms with van der Waals surface area (Å²) in [4.78, 5) is 0. The molecule has 2 nitrogen and oxygen atoms in total. The number of ether oxygens (including phenoxy) is 2. The molecule has 1 aromatic rings. The van der Waals surface area contributed by atoms with Gasteiger partial charge in [-0.05, 0) is 12.1 Å². The lowest BCUT2D eigenvalue weighted by Crippen LogP contribution is -1.84. The van der Waals surface area contributed by atoms with E-state index in [1.165, 1.54) is 0 Å². The van der Waals surface area contributed by atoms with E-state index in [4.69, 9.17) is 21.1 Å². The maximum atomic E-state index is 5.78. The Bertz CT molecular complexity index is 248. The van der Waals surface area contributed by atoms with Gasteiger partial charge in [-0.1, -0.05) is 11.6 Å². The first-order chi connectivity index (χ1) is 5.27. The van der Waals surface area contributed by atoms with E-state index in [2.05, 4.69) is 7.11 Å². The summed E-state index contributed by atoms with van der Waals surface area (Å²) in [6.45, 7) is 0. The zero-order chi connectivity index (χ0) is 8.27. The van der Waals surface area contributed by atoms with Gasteiger partial charge in [-0.15, -0.1) is 0 Å². The molecule has 0 fully saturated rings. The molecule has 0 saturated carbocycles. The van der Waals surface area contributed by atoms with Gasteiger partial charge in [0.2, 0.25) is 0 Å². The summed E-state index contributed by atoms with van der Waals surface area (Å²) in [6.07, 6.45) is 0. The Morgan fingerprint density at radius 1 is 1.45 bits per heavy atom. The number of hydrogen-bond acceptors (Lipinski definition) is 2. The zero-order valence-electron chi connectivity index (χ0n) is 6.13. The molecule has 0 N–H and O–H groups in total.